The Kier molecular flexibility index (Phi) is 4.90. The van der Waals surface area contributed by atoms with Crippen molar-refractivity contribution in [2.75, 3.05) is 25.1 Å². The summed E-state index contributed by atoms with van der Waals surface area (Å²) in [6.07, 6.45) is 2.22. The molecule has 0 spiro atoms. The quantitative estimate of drug-likeness (QED) is 0.760. The number of hydrogen-bond donors (Lipinski definition) is 2. The van der Waals surface area contributed by atoms with Gasteiger partial charge in [0, 0.05) is 31.3 Å². The van der Waals surface area contributed by atoms with Crippen LogP contribution in [0.4, 0.5) is 5.69 Å². The van der Waals surface area contributed by atoms with Crippen LogP contribution < -0.4 is 5.32 Å². The molecule has 0 unspecified atom stereocenters. The van der Waals surface area contributed by atoms with E-state index in [-0.39, 0.29) is 5.56 Å². The molecule has 1 heterocycles. The third-order valence-corrected chi connectivity index (χ3v) is 2.98. The third-order valence-electron chi connectivity index (χ3n) is 2.98. The van der Waals surface area contributed by atoms with Crippen molar-refractivity contribution in [2.45, 2.75) is 13.3 Å². The molecule has 0 aliphatic heterocycles. The molecule has 0 saturated carbocycles. The average molecular weight is 274 g/mol. The number of carboxylic acids is 1. The van der Waals surface area contributed by atoms with Crippen LogP contribution in [0.15, 0.2) is 30.5 Å². The Labute approximate surface area is 117 Å². The van der Waals surface area contributed by atoms with Crippen molar-refractivity contribution >= 4 is 22.6 Å². The Morgan fingerprint density at radius 1 is 1.40 bits per heavy atom. The molecule has 0 bridgehead atoms. The number of fused-ring (bicyclic) bond motifs is 1. The molecule has 5 heteroatoms. The fourth-order valence-electron chi connectivity index (χ4n) is 2.03. The number of aromatic carboxylic acids is 1. The van der Waals surface area contributed by atoms with Gasteiger partial charge in [0.15, 0.2) is 0 Å². The summed E-state index contributed by atoms with van der Waals surface area (Å²) in [5.41, 5.74) is 1.60. The Morgan fingerprint density at radius 3 is 2.95 bits per heavy atom. The molecular formula is C15H18N2O3. The second kappa shape index (κ2) is 6.86. The van der Waals surface area contributed by atoms with E-state index < -0.39 is 5.97 Å². The van der Waals surface area contributed by atoms with Crippen molar-refractivity contribution in [3.05, 3.63) is 36.0 Å². The summed E-state index contributed by atoms with van der Waals surface area (Å²) in [6, 6.07) is 7.50. The number of hydrogen-bond acceptors (Lipinski definition) is 4. The van der Waals surface area contributed by atoms with E-state index in [9.17, 15) is 9.90 Å². The molecule has 1 aromatic heterocycles. The van der Waals surface area contributed by atoms with E-state index in [0.717, 1.165) is 17.3 Å². The number of para-hydroxylation sites is 1. The van der Waals surface area contributed by atoms with Gasteiger partial charge in [0.1, 0.15) is 5.56 Å². The van der Waals surface area contributed by atoms with E-state index in [4.69, 9.17) is 4.74 Å². The third kappa shape index (κ3) is 3.24. The van der Waals surface area contributed by atoms with E-state index >= 15 is 0 Å². The fraction of sp³-hybridized carbons (Fsp3) is 0.333. The summed E-state index contributed by atoms with van der Waals surface area (Å²) in [5.74, 6) is -0.976. The largest absolute Gasteiger partial charge is 0.478 e. The first kappa shape index (κ1) is 14.3. The van der Waals surface area contributed by atoms with Crippen molar-refractivity contribution in [3.63, 3.8) is 0 Å². The maximum Gasteiger partial charge on any atom is 0.339 e. The first-order valence-electron chi connectivity index (χ1n) is 6.66. The van der Waals surface area contributed by atoms with E-state index in [0.29, 0.717) is 25.4 Å². The van der Waals surface area contributed by atoms with Gasteiger partial charge in [0.25, 0.3) is 0 Å². The summed E-state index contributed by atoms with van der Waals surface area (Å²) >= 11 is 0. The van der Waals surface area contributed by atoms with Gasteiger partial charge in [-0.1, -0.05) is 18.2 Å². The van der Waals surface area contributed by atoms with Crippen LogP contribution in [-0.4, -0.2) is 35.8 Å². The van der Waals surface area contributed by atoms with Crippen molar-refractivity contribution in [1.29, 1.82) is 0 Å². The van der Waals surface area contributed by atoms with Crippen LogP contribution in [-0.2, 0) is 4.74 Å². The monoisotopic (exact) mass is 274 g/mol. The lowest BCUT2D eigenvalue weighted by Crippen LogP contribution is -2.10. The first-order chi connectivity index (χ1) is 9.74. The van der Waals surface area contributed by atoms with E-state index in [1.807, 2.05) is 31.2 Å². The number of pyridine rings is 1. The second-order valence-corrected chi connectivity index (χ2v) is 4.35. The minimum Gasteiger partial charge on any atom is -0.478 e. The molecule has 2 N–H and O–H groups in total. The molecule has 5 nitrogen and oxygen atoms in total. The zero-order valence-corrected chi connectivity index (χ0v) is 11.4. The van der Waals surface area contributed by atoms with Gasteiger partial charge in [-0.05, 0) is 19.4 Å². The molecule has 0 aliphatic rings. The van der Waals surface area contributed by atoms with Gasteiger partial charge in [-0.2, -0.15) is 0 Å². The Balaban J connectivity index is 2.23. The molecule has 0 saturated heterocycles. The number of rotatable bonds is 7. The van der Waals surface area contributed by atoms with E-state index in [2.05, 4.69) is 10.3 Å². The van der Waals surface area contributed by atoms with Crippen LogP contribution in [0.1, 0.15) is 23.7 Å². The predicted molar refractivity (Wildman–Crippen MR) is 78.3 cm³/mol. The van der Waals surface area contributed by atoms with Crippen LogP contribution >= 0.6 is 0 Å². The van der Waals surface area contributed by atoms with E-state index in [1.54, 1.807) is 0 Å². The van der Waals surface area contributed by atoms with Gasteiger partial charge in [-0.25, -0.2) is 4.79 Å². The van der Waals surface area contributed by atoms with Crippen LogP contribution in [0.2, 0.25) is 0 Å². The molecule has 0 atom stereocenters. The van der Waals surface area contributed by atoms with Crippen LogP contribution in [0, 0.1) is 0 Å². The smallest absolute Gasteiger partial charge is 0.339 e. The molecule has 1 aromatic carbocycles. The highest BCUT2D eigenvalue weighted by atomic mass is 16.5. The van der Waals surface area contributed by atoms with Crippen molar-refractivity contribution in [3.8, 4) is 0 Å². The molecule has 2 aromatic rings. The highest BCUT2D eigenvalue weighted by molar-refractivity contribution is 6.04. The van der Waals surface area contributed by atoms with Crippen LogP contribution in [0.25, 0.3) is 10.9 Å². The number of benzene rings is 1. The maximum atomic E-state index is 11.3. The molecule has 0 fully saturated rings. The molecule has 0 aliphatic carbocycles. The Hall–Kier alpha value is -2.14. The summed E-state index contributed by atoms with van der Waals surface area (Å²) < 4.78 is 5.27. The summed E-state index contributed by atoms with van der Waals surface area (Å²) in [6.45, 7) is 3.97. The highest BCUT2D eigenvalue weighted by Gasteiger charge is 2.13. The molecule has 0 radical (unpaired) electrons. The summed E-state index contributed by atoms with van der Waals surface area (Å²) in [4.78, 5) is 15.5. The standard InChI is InChI=1S/C15H18N2O3/c1-2-20-9-5-8-16-14-11-6-3-4-7-13(11)17-10-12(14)15(18)19/h3-4,6-7,10H,2,5,8-9H2,1H3,(H,16,17)(H,18,19). The molecule has 0 amide bonds. The molecule has 20 heavy (non-hydrogen) atoms. The molecule has 2 rings (SSSR count). The number of nitrogens with one attached hydrogen (secondary N) is 1. The lowest BCUT2D eigenvalue weighted by Gasteiger charge is -2.12. The zero-order valence-electron chi connectivity index (χ0n) is 11.4. The Bertz CT molecular complexity index is 599. The zero-order chi connectivity index (χ0) is 14.4. The first-order valence-corrected chi connectivity index (χ1v) is 6.66. The number of nitrogens with zero attached hydrogens (tertiary/aromatic N) is 1. The van der Waals surface area contributed by atoms with Gasteiger partial charge in [0.2, 0.25) is 0 Å². The Morgan fingerprint density at radius 2 is 2.20 bits per heavy atom. The molecule has 106 valence electrons. The highest BCUT2D eigenvalue weighted by Crippen LogP contribution is 2.25. The normalized spacial score (nSPS) is 10.7. The number of ether oxygens (including phenoxy) is 1. The van der Waals surface area contributed by atoms with Crippen LogP contribution in [0.5, 0.6) is 0 Å². The summed E-state index contributed by atoms with van der Waals surface area (Å²) in [7, 11) is 0. The number of carbonyl (C=O) groups is 1. The SMILES string of the molecule is CCOCCCNc1c(C(=O)O)cnc2ccccc12. The lowest BCUT2D eigenvalue weighted by atomic mass is 10.1. The van der Waals surface area contributed by atoms with Gasteiger partial charge < -0.3 is 15.2 Å². The van der Waals surface area contributed by atoms with E-state index in [1.165, 1.54) is 6.20 Å². The molecular weight excluding hydrogens is 256 g/mol. The lowest BCUT2D eigenvalue weighted by molar-refractivity contribution is 0.0697. The van der Waals surface area contributed by atoms with Crippen LogP contribution in [0.3, 0.4) is 0 Å². The second-order valence-electron chi connectivity index (χ2n) is 4.35. The van der Waals surface area contributed by atoms with Gasteiger partial charge in [0.05, 0.1) is 11.2 Å². The maximum absolute atomic E-state index is 11.3. The van der Waals surface area contributed by atoms with Gasteiger partial charge in [-0.3, -0.25) is 4.98 Å². The van der Waals surface area contributed by atoms with Gasteiger partial charge >= 0.3 is 5.97 Å². The predicted octanol–water partition coefficient (Wildman–Crippen LogP) is 2.77. The number of aromatic nitrogens is 1. The topological polar surface area (TPSA) is 71.5 Å². The minimum atomic E-state index is -0.976. The minimum absolute atomic E-state index is 0.195. The number of anilines is 1. The van der Waals surface area contributed by atoms with Crippen molar-refractivity contribution < 1.29 is 14.6 Å². The van der Waals surface area contributed by atoms with Gasteiger partial charge in [-0.15, -0.1) is 0 Å². The van der Waals surface area contributed by atoms with Crippen molar-refractivity contribution in [1.82, 2.24) is 4.98 Å². The fourth-order valence-corrected chi connectivity index (χ4v) is 2.03. The summed E-state index contributed by atoms with van der Waals surface area (Å²) in [5, 5.41) is 13.3. The number of carboxylic acid groups (broad SMARTS) is 1. The van der Waals surface area contributed by atoms with Crippen molar-refractivity contribution in [2.24, 2.45) is 0 Å². The average Bonchev–Trinajstić information content (AvgIpc) is 2.46.